The summed E-state index contributed by atoms with van der Waals surface area (Å²) < 4.78 is 38.0. The van der Waals surface area contributed by atoms with Gasteiger partial charge in [0.05, 0.1) is 21.2 Å². The SMILES string of the molecule is Cc1nc(-c2ccc(C(F)(F)F)cc2)sc1C(=O)C=Cc1ccc(O)c(Cl)c1. The van der Waals surface area contributed by atoms with Crippen molar-refractivity contribution in [1.82, 2.24) is 4.98 Å². The summed E-state index contributed by atoms with van der Waals surface area (Å²) in [7, 11) is 0. The van der Waals surface area contributed by atoms with Gasteiger partial charge in [0.2, 0.25) is 0 Å². The van der Waals surface area contributed by atoms with Gasteiger partial charge in [-0.05, 0) is 42.8 Å². The lowest BCUT2D eigenvalue weighted by Crippen LogP contribution is -2.03. The molecule has 0 radical (unpaired) electrons. The lowest BCUT2D eigenvalue weighted by Gasteiger charge is -2.06. The first-order valence-corrected chi connectivity index (χ1v) is 9.20. The Bertz CT molecular complexity index is 1060. The minimum atomic E-state index is -4.40. The molecule has 28 heavy (non-hydrogen) atoms. The summed E-state index contributed by atoms with van der Waals surface area (Å²) in [5.74, 6) is -0.331. The number of aromatic nitrogens is 1. The summed E-state index contributed by atoms with van der Waals surface area (Å²) in [5.41, 5.74) is 0.908. The fraction of sp³-hybridized carbons (Fsp3) is 0.100. The van der Waals surface area contributed by atoms with Crippen LogP contribution < -0.4 is 0 Å². The van der Waals surface area contributed by atoms with E-state index < -0.39 is 11.7 Å². The Balaban J connectivity index is 1.82. The monoisotopic (exact) mass is 423 g/mol. The molecule has 1 aromatic heterocycles. The molecule has 0 spiro atoms. The van der Waals surface area contributed by atoms with Gasteiger partial charge in [0.25, 0.3) is 0 Å². The van der Waals surface area contributed by atoms with Crippen molar-refractivity contribution in [2.75, 3.05) is 0 Å². The molecule has 0 unspecified atom stereocenters. The number of phenolic OH excluding ortho intramolecular Hbond substituents is 1. The van der Waals surface area contributed by atoms with Crippen LogP contribution in [0.4, 0.5) is 13.2 Å². The number of alkyl halides is 3. The van der Waals surface area contributed by atoms with E-state index in [9.17, 15) is 23.1 Å². The van der Waals surface area contributed by atoms with Crippen LogP contribution in [-0.2, 0) is 6.18 Å². The van der Waals surface area contributed by atoms with Gasteiger partial charge in [0, 0.05) is 5.56 Å². The molecule has 0 aliphatic rings. The van der Waals surface area contributed by atoms with Crippen LogP contribution in [-0.4, -0.2) is 15.9 Å². The third kappa shape index (κ3) is 4.43. The van der Waals surface area contributed by atoms with Crippen molar-refractivity contribution in [1.29, 1.82) is 0 Å². The number of aromatic hydroxyl groups is 1. The molecule has 0 bridgehead atoms. The number of hydrogen-bond acceptors (Lipinski definition) is 4. The van der Waals surface area contributed by atoms with Gasteiger partial charge < -0.3 is 5.11 Å². The van der Waals surface area contributed by atoms with E-state index in [0.29, 0.717) is 26.7 Å². The number of rotatable bonds is 4. The first kappa shape index (κ1) is 20.1. The zero-order chi connectivity index (χ0) is 20.5. The topological polar surface area (TPSA) is 50.2 Å². The van der Waals surface area contributed by atoms with E-state index in [1.165, 1.54) is 30.3 Å². The lowest BCUT2D eigenvalue weighted by atomic mass is 10.1. The summed E-state index contributed by atoms with van der Waals surface area (Å²) in [4.78, 5) is 17.2. The average Bonchev–Trinajstić information content (AvgIpc) is 3.03. The largest absolute Gasteiger partial charge is 0.506 e. The number of carbonyl (C=O) groups excluding carboxylic acids is 1. The second-order valence-corrected chi connectivity index (χ2v) is 7.32. The van der Waals surface area contributed by atoms with Crippen LogP contribution >= 0.6 is 22.9 Å². The predicted molar refractivity (Wildman–Crippen MR) is 104 cm³/mol. The number of thiazole rings is 1. The number of allylic oxidation sites excluding steroid dienone is 1. The fourth-order valence-electron chi connectivity index (χ4n) is 2.42. The second-order valence-electron chi connectivity index (χ2n) is 5.92. The first-order chi connectivity index (χ1) is 13.1. The number of aryl methyl sites for hydroxylation is 1. The van der Waals surface area contributed by atoms with Gasteiger partial charge in [-0.2, -0.15) is 13.2 Å². The Kier molecular flexibility index (Phi) is 5.58. The Morgan fingerprint density at radius 3 is 2.46 bits per heavy atom. The molecule has 0 aliphatic carbocycles. The molecule has 8 heteroatoms. The van der Waals surface area contributed by atoms with E-state index in [1.54, 1.807) is 19.1 Å². The van der Waals surface area contributed by atoms with Gasteiger partial charge in [0.15, 0.2) is 5.78 Å². The van der Waals surface area contributed by atoms with E-state index in [-0.39, 0.29) is 16.6 Å². The van der Waals surface area contributed by atoms with Crippen LogP contribution in [0.25, 0.3) is 16.6 Å². The van der Waals surface area contributed by atoms with Crippen molar-refractivity contribution in [3.63, 3.8) is 0 Å². The van der Waals surface area contributed by atoms with Gasteiger partial charge in [-0.3, -0.25) is 4.79 Å². The van der Waals surface area contributed by atoms with Crippen LogP contribution in [0.15, 0.2) is 48.5 Å². The van der Waals surface area contributed by atoms with Gasteiger partial charge in [-0.25, -0.2) is 4.98 Å². The zero-order valence-corrected chi connectivity index (χ0v) is 16.0. The van der Waals surface area contributed by atoms with Crippen LogP contribution in [0.2, 0.25) is 5.02 Å². The smallest absolute Gasteiger partial charge is 0.416 e. The van der Waals surface area contributed by atoms with E-state index in [2.05, 4.69) is 4.98 Å². The van der Waals surface area contributed by atoms with Crippen LogP contribution in [0, 0.1) is 6.92 Å². The van der Waals surface area contributed by atoms with Crippen molar-refractivity contribution in [2.24, 2.45) is 0 Å². The maximum Gasteiger partial charge on any atom is 0.416 e. The number of hydrogen-bond donors (Lipinski definition) is 1. The van der Waals surface area contributed by atoms with Gasteiger partial charge in [-0.1, -0.05) is 35.9 Å². The quantitative estimate of drug-likeness (QED) is 0.390. The third-order valence-electron chi connectivity index (χ3n) is 3.88. The highest BCUT2D eigenvalue weighted by Gasteiger charge is 2.30. The lowest BCUT2D eigenvalue weighted by molar-refractivity contribution is -0.137. The first-order valence-electron chi connectivity index (χ1n) is 8.01. The summed E-state index contributed by atoms with van der Waals surface area (Å²) in [6.45, 7) is 1.67. The van der Waals surface area contributed by atoms with Crippen molar-refractivity contribution in [3.8, 4) is 16.3 Å². The molecule has 144 valence electrons. The molecule has 0 atom stereocenters. The van der Waals surface area contributed by atoms with Gasteiger partial charge >= 0.3 is 6.18 Å². The Morgan fingerprint density at radius 1 is 1.18 bits per heavy atom. The minimum Gasteiger partial charge on any atom is -0.506 e. The highest BCUT2D eigenvalue weighted by atomic mass is 35.5. The number of benzene rings is 2. The molecule has 0 amide bonds. The Hall–Kier alpha value is -2.64. The number of nitrogens with zero attached hydrogens (tertiary/aromatic N) is 1. The number of halogens is 4. The Labute approximate surface area is 167 Å². The standard InChI is InChI=1S/C20H13ClF3NO2S/c1-11-18(17(27)9-3-12-2-8-16(26)15(21)10-12)28-19(25-11)13-4-6-14(7-5-13)20(22,23)24/h2-10,26H,1H3. The number of phenols is 1. The molecule has 3 rings (SSSR count). The number of ketones is 1. The van der Waals surface area contributed by atoms with E-state index in [1.807, 2.05) is 0 Å². The maximum absolute atomic E-state index is 12.7. The molecule has 3 nitrogen and oxygen atoms in total. The van der Waals surface area contributed by atoms with Crippen LogP contribution in [0.3, 0.4) is 0 Å². The van der Waals surface area contributed by atoms with E-state index in [0.717, 1.165) is 23.5 Å². The average molecular weight is 424 g/mol. The molecule has 0 saturated heterocycles. The second kappa shape index (κ2) is 7.77. The highest BCUT2D eigenvalue weighted by Crippen LogP contribution is 2.33. The van der Waals surface area contributed by atoms with Crippen molar-refractivity contribution in [2.45, 2.75) is 13.1 Å². The highest BCUT2D eigenvalue weighted by molar-refractivity contribution is 7.17. The Morgan fingerprint density at radius 2 is 1.86 bits per heavy atom. The van der Waals surface area contributed by atoms with E-state index >= 15 is 0 Å². The van der Waals surface area contributed by atoms with Crippen LogP contribution in [0.5, 0.6) is 5.75 Å². The van der Waals surface area contributed by atoms with E-state index in [4.69, 9.17) is 11.6 Å². The molecule has 2 aromatic carbocycles. The third-order valence-corrected chi connectivity index (χ3v) is 5.40. The minimum absolute atomic E-state index is 0.0513. The fourth-order valence-corrected chi connectivity index (χ4v) is 3.61. The summed E-state index contributed by atoms with van der Waals surface area (Å²) in [5, 5.41) is 10.1. The molecule has 1 heterocycles. The van der Waals surface area contributed by atoms with Crippen molar-refractivity contribution in [3.05, 3.63) is 75.3 Å². The summed E-state index contributed by atoms with van der Waals surface area (Å²) in [6, 6.07) is 9.20. The maximum atomic E-state index is 12.7. The van der Waals surface area contributed by atoms with Crippen LogP contribution in [0.1, 0.15) is 26.5 Å². The van der Waals surface area contributed by atoms with Gasteiger partial charge in [-0.15, -0.1) is 11.3 Å². The normalized spacial score (nSPS) is 11.9. The molecule has 0 fully saturated rings. The summed E-state index contributed by atoms with van der Waals surface area (Å²) >= 11 is 6.95. The predicted octanol–water partition coefficient (Wildman–Crippen LogP) is 6.39. The molecular weight excluding hydrogens is 411 g/mol. The molecule has 0 aliphatic heterocycles. The molecule has 1 N–H and O–H groups in total. The zero-order valence-electron chi connectivity index (χ0n) is 14.4. The molecule has 0 saturated carbocycles. The molecular formula is C20H13ClF3NO2S. The molecule has 3 aromatic rings. The summed E-state index contributed by atoms with van der Waals surface area (Å²) in [6.07, 6.45) is -1.48. The van der Waals surface area contributed by atoms with Crippen molar-refractivity contribution >= 4 is 34.8 Å². The van der Waals surface area contributed by atoms with Crippen molar-refractivity contribution < 1.29 is 23.1 Å². The van der Waals surface area contributed by atoms with Gasteiger partial charge in [0.1, 0.15) is 10.8 Å². The number of carbonyl (C=O) groups is 1.